The van der Waals surface area contributed by atoms with E-state index in [-0.39, 0.29) is 54.0 Å². The summed E-state index contributed by atoms with van der Waals surface area (Å²) in [4.78, 5) is 62.3. The van der Waals surface area contributed by atoms with E-state index in [0.29, 0.717) is 12.8 Å². The van der Waals surface area contributed by atoms with Gasteiger partial charge in [-0.05, 0) is 39.5 Å². The zero-order chi connectivity index (χ0) is 21.9. The maximum Gasteiger partial charge on any atom is 0.349 e. The average molecular weight is 431 g/mol. The van der Waals surface area contributed by atoms with Crippen molar-refractivity contribution in [2.75, 3.05) is 0 Å². The Morgan fingerprint density at radius 2 is 0.966 bits per heavy atom. The Morgan fingerprint density at radius 1 is 0.655 bits per heavy atom. The van der Waals surface area contributed by atoms with E-state index >= 15 is 0 Å². The monoisotopic (exact) mass is 431 g/mol. The first-order valence-corrected chi connectivity index (χ1v) is 9.95. The molecular formula is C20H36AlO8. The van der Waals surface area contributed by atoms with Gasteiger partial charge in [-0.15, -0.1) is 0 Å². The Kier molecular flexibility index (Phi) is 24.0. The summed E-state index contributed by atoms with van der Waals surface area (Å²) in [5, 5.41) is 0. The van der Waals surface area contributed by atoms with Crippen molar-refractivity contribution in [1.82, 2.24) is 0 Å². The highest BCUT2D eigenvalue weighted by Crippen LogP contribution is 2.02. The van der Waals surface area contributed by atoms with E-state index in [1.54, 1.807) is 13.8 Å². The minimum Gasteiger partial charge on any atom is -0.299 e. The molecule has 9 heteroatoms. The molecule has 0 amide bonds. The quantitative estimate of drug-likeness (QED) is 0.178. The topological polar surface area (TPSA) is 105 Å². The number of rotatable bonds is 14. The molecule has 0 aliphatic heterocycles. The first kappa shape index (κ1) is 32.4. The fraction of sp³-hybridized carbons (Fsp3) is 0.800. The van der Waals surface area contributed by atoms with Gasteiger partial charge in [-0.1, -0.05) is 27.7 Å². The van der Waals surface area contributed by atoms with Crippen LogP contribution in [0, 0.1) is 0 Å². The van der Waals surface area contributed by atoms with Crippen LogP contribution in [0.4, 0.5) is 0 Å². The first-order valence-electron chi connectivity index (χ1n) is 9.95. The molecule has 3 radical (unpaired) electrons. The van der Waals surface area contributed by atoms with Crippen LogP contribution in [0.2, 0.25) is 0 Å². The van der Waals surface area contributed by atoms with E-state index < -0.39 is 11.9 Å². The molecule has 0 bridgehead atoms. The Labute approximate surface area is 185 Å². The molecule has 0 rings (SSSR count). The van der Waals surface area contributed by atoms with Gasteiger partial charge in [-0.3, -0.25) is 19.4 Å². The minimum atomic E-state index is -0.608. The number of ketones is 2. The van der Waals surface area contributed by atoms with Gasteiger partial charge < -0.3 is 0 Å². The lowest BCUT2D eigenvalue weighted by molar-refractivity contribution is -0.294. The second-order valence-corrected chi connectivity index (χ2v) is 6.47. The highest BCUT2D eigenvalue weighted by Gasteiger charge is 2.13. The predicted molar refractivity (Wildman–Crippen MR) is 109 cm³/mol. The number of carbonyl (C=O) groups excluding carboxylic acids is 4. The lowest BCUT2D eigenvalue weighted by Gasteiger charge is -2.07. The molecule has 0 aromatic heterocycles. The molecular weight excluding hydrogens is 395 g/mol. The summed E-state index contributed by atoms with van der Waals surface area (Å²) in [6.45, 7) is 11.2. The normalized spacial score (nSPS) is 11.8. The van der Waals surface area contributed by atoms with Crippen molar-refractivity contribution in [3.05, 3.63) is 0 Å². The summed E-state index contributed by atoms with van der Waals surface area (Å²) in [6.07, 6.45) is 3.22. The van der Waals surface area contributed by atoms with Crippen LogP contribution in [0.3, 0.4) is 0 Å². The fourth-order valence-corrected chi connectivity index (χ4v) is 1.52. The largest absolute Gasteiger partial charge is 0.349 e. The molecule has 0 aliphatic rings. The first-order chi connectivity index (χ1) is 13.2. The fourth-order valence-electron chi connectivity index (χ4n) is 1.52. The Morgan fingerprint density at radius 3 is 1.21 bits per heavy atom. The number of hydrogen-bond acceptors (Lipinski definition) is 8. The third-order valence-corrected chi connectivity index (χ3v) is 3.50. The summed E-state index contributed by atoms with van der Waals surface area (Å²) in [7, 11) is 0. The Bertz CT molecular complexity index is 425. The van der Waals surface area contributed by atoms with Crippen molar-refractivity contribution in [3.63, 3.8) is 0 Å². The van der Waals surface area contributed by atoms with Gasteiger partial charge in [0.15, 0.2) is 0 Å². The van der Waals surface area contributed by atoms with Gasteiger partial charge in [-0.2, -0.15) is 9.78 Å². The average Bonchev–Trinajstić information content (AvgIpc) is 2.64. The summed E-state index contributed by atoms with van der Waals surface area (Å²) < 4.78 is 0. The minimum absolute atomic E-state index is 0. The van der Waals surface area contributed by atoms with Crippen molar-refractivity contribution in [2.45, 2.75) is 105 Å². The summed E-state index contributed by atoms with van der Waals surface area (Å²) >= 11 is 0. The molecule has 0 fully saturated rings. The van der Waals surface area contributed by atoms with Gasteiger partial charge in [-0.25, -0.2) is 9.59 Å². The molecule has 8 nitrogen and oxygen atoms in total. The highest BCUT2D eigenvalue weighted by atomic mass is 27.0. The molecule has 0 N–H and O–H groups in total. The van der Waals surface area contributed by atoms with Crippen molar-refractivity contribution < 1.29 is 38.7 Å². The molecule has 0 heterocycles. The van der Waals surface area contributed by atoms with Crippen LogP contribution in [-0.2, 0) is 38.7 Å². The van der Waals surface area contributed by atoms with Crippen LogP contribution in [-0.4, -0.2) is 53.1 Å². The molecule has 167 valence electrons. The molecule has 0 spiro atoms. The van der Waals surface area contributed by atoms with Gasteiger partial charge in [0.05, 0.1) is 0 Å². The van der Waals surface area contributed by atoms with Gasteiger partial charge in [0.25, 0.3) is 0 Å². The molecule has 29 heavy (non-hydrogen) atoms. The standard InChI is InChI=1S/2C10H18O4.Al/c2*1-4-6-9(11)7-10(12)14-13-8(3)5-2;/h2*8H,4-7H2,1-3H3;. The summed E-state index contributed by atoms with van der Waals surface area (Å²) in [5.41, 5.74) is 0. The Balaban J connectivity index is -0.000000451. The maximum atomic E-state index is 11.0. The van der Waals surface area contributed by atoms with Crippen LogP contribution in [0.15, 0.2) is 0 Å². The van der Waals surface area contributed by atoms with E-state index in [0.717, 1.165) is 25.7 Å². The van der Waals surface area contributed by atoms with Gasteiger partial charge >= 0.3 is 11.9 Å². The molecule has 0 aromatic carbocycles. The lowest BCUT2D eigenvalue weighted by Crippen LogP contribution is -2.15. The van der Waals surface area contributed by atoms with Crippen LogP contribution >= 0.6 is 0 Å². The highest BCUT2D eigenvalue weighted by molar-refractivity contribution is 5.95. The molecule has 0 saturated carbocycles. The van der Waals surface area contributed by atoms with Gasteiger partial charge in [0.1, 0.15) is 36.6 Å². The SMILES string of the molecule is CCCC(=O)CC(=O)OOC(C)CC.CCCC(=O)CC(=O)OOC(C)CC.[Al]. The third kappa shape index (κ3) is 22.9. The zero-order valence-corrected chi connectivity index (χ0v) is 19.8. The van der Waals surface area contributed by atoms with Crippen LogP contribution in [0.1, 0.15) is 92.9 Å². The molecule has 0 aromatic rings. The van der Waals surface area contributed by atoms with E-state index in [9.17, 15) is 19.2 Å². The predicted octanol–water partition coefficient (Wildman–Crippen LogP) is 3.66. The van der Waals surface area contributed by atoms with E-state index in [2.05, 4.69) is 9.78 Å². The molecule has 2 atom stereocenters. The summed E-state index contributed by atoms with van der Waals surface area (Å²) in [6, 6.07) is 0. The smallest absolute Gasteiger partial charge is 0.299 e. The molecule has 0 aliphatic carbocycles. The molecule has 2 unspecified atom stereocenters. The molecule has 0 saturated heterocycles. The van der Waals surface area contributed by atoms with Crippen molar-refractivity contribution in [2.24, 2.45) is 0 Å². The van der Waals surface area contributed by atoms with Crippen molar-refractivity contribution in [3.8, 4) is 0 Å². The van der Waals surface area contributed by atoms with Gasteiger partial charge in [0, 0.05) is 30.2 Å². The third-order valence-electron chi connectivity index (χ3n) is 3.50. The number of carbonyl (C=O) groups is 4. The number of Topliss-reactive ketones (excluding diaryl/α,β-unsaturated/α-hetero) is 2. The lowest BCUT2D eigenvalue weighted by atomic mass is 10.2. The number of hydrogen-bond donors (Lipinski definition) is 0. The van der Waals surface area contributed by atoms with Crippen LogP contribution in [0.25, 0.3) is 0 Å². The second-order valence-electron chi connectivity index (χ2n) is 6.47. The maximum absolute atomic E-state index is 11.0. The van der Waals surface area contributed by atoms with E-state index in [4.69, 9.17) is 9.78 Å². The second kappa shape index (κ2) is 21.4. The van der Waals surface area contributed by atoms with Crippen LogP contribution in [0.5, 0.6) is 0 Å². The van der Waals surface area contributed by atoms with Crippen molar-refractivity contribution >= 4 is 40.9 Å². The van der Waals surface area contributed by atoms with E-state index in [1.165, 1.54) is 0 Å². The van der Waals surface area contributed by atoms with E-state index in [1.807, 2.05) is 27.7 Å². The Hall–Kier alpha value is -1.27. The summed E-state index contributed by atoms with van der Waals surface area (Å²) in [5.74, 6) is -1.43. The zero-order valence-electron chi connectivity index (χ0n) is 18.7. The van der Waals surface area contributed by atoms with Gasteiger partial charge in [0.2, 0.25) is 0 Å². The van der Waals surface area contributed by atoms with Crippen molar-refractivity contribution in [1.29, 1.82) is 0 Å². The van der Waals surface area contributed by atoms with Crippen LogP contribution < -0.4 is 0 Å².